The summed E-state index contributed by atoms with van der Waals surface area (Å²) in [6, 6.07) is 13.1. The van der Waals surface area contributed by atoms with Gasteiger partial charge in [0.05, 0.1) is 17.5 Å². The van der Waals surface area contributed by atoms with Crippen molar-refractivity contribution in [2.24, 2.45) is 7.05 Å². The number of aromatic nitrogens is 2. The van der Waals surface area contributed by atoms with Gasteiger partial charge in [0.2, 0.25) is 5.91 Å². The Balaban J connectivity index is 1.58. The Morgan fingerprint density at radius 2 is 1.83 bits per heavy atom. The summed E-state index contributed by atoms with van der Waals surface area (Å²) in [5.74, 6) is -0.787. The van der Waals surface area contributed by atoms with Gasteiger partial charge >= 0.3 is 6.03 Å². The number of benzene rings is 2. The number of fused-ring (bicyclic) bond motifs is 1. The molecule has 152 valence electrons. The number of nitrogens with zero attached hydrogens (tertiary/aromatic N) is 2. The third-order valence-electron chi connectivity index (χ3n) is 5.13. The van der Waals surface area contributed by atoms with Crippen molar-refractivity contribution in [2.45, 2.75) is 18.9 Å². The first kappa shape index (κ1) is 19.3. The van der Waals surface area contributed by atoms with E-state index in [1.807, 2.05) is 0 Å². The fraction of sp³-hybridized carbons (Fsp3) is 0.190. The lowest BCUT2D eigenvalue weighted by molar-refractivity contribution is -0.123. The summed E-state index contributed by atoms with van der Waals surface area (Å²) in [6.07, 6.45) is -0.0344. The van der Waals surface area contributed by atoms with Crippen molar-refractivity contribution in [3.05, 3.63) is 70.1 Å². The number of rotatable bonds is 4. The highest BCUT2D eigenvalue weighted by molar-refractivity contribution is 6.07. The van der Waals surface area contributed by atoms with Crippen molar-refractivity contribution < 1.29 is 14.4 Å². The van der Waals surface area contributed by atoms with Crippen LogP contribution in [0, 0.1) is 0 Å². The number of aryl methyl sites for hydroxylation is 1. The molecule has 1 aromatic heterocycles. The molecule has 1 saturated heterocycles. The summed E-state index contributed by atoms with van der Waals surface area (Å²) in [5.41, 5.74) is 0.0484. The number of carbonyl (C=O) groups is 3. The van der Waals surface area contributed by atoms with Crippen molar-refractivity contribution in [3.63, 3.8) is 0 Å². The van der Waals surface area contributed by atoms with E-state index >= 15 is 0 Å². The molecule has 1 atom stereocenters. The Labute approximate surface area is 171 Å². The molecule has 0 bridgehead atoms. The normalized spacial score (nSPS) is 18.2. The molecule has 9 nitrogen and oxygen atoms in total. The summed E-state index contributed by atoms with van der Waals surface area (Å²) in [6.45, 7) is 1.59. The largest absolute Gasteiger partial charge is 0.326 e. The molecular weight excluding hydrogens is 386 g/mol. The first-order chi connectivity index (χ1) is 14.3. The molecule has 1 aliphatic rings. The van der Waals surface area contributed by atoms with Gasteiger partial charge in [-0.3, -0.25) is 19.7 Å². The quantitative estimate of drug-likeness (QED) is 0.563. The van der Waals surface area contributed by atoms with Crippen LogP contribution in [0.5, 0.6) is 0 Å². The second-order valence-corrected chi connectivity index (χ2v) is 7.26. The molecule has 2 aromatic carbocycles. The number of hydrogen-bond acceptors (Lipinski definition) is 5. The molecule has 0 radical (unpaired) electrons. The van der Waals surface area contributed by atoms with Gasteiger partial charge in [-0.25, -0.2) is 9.48 Å². The molecule has 1 aliphatic heterocycles. The fourth-order valence-electron chi connectivity index (χ4n) is 3.52. The molecule has 3 aromatic rings. The molecule has 0 spiro atoms. The summed E-state index contributed by atoms with van der Waals surface area (Å²) in [5, 5.41) is 13.0. The number of urea groups is 1. The second kappa shape index (κ2) is 7.11. The monoisotopic (exact) mass is 405 g/mol. The minimum atomic E-state index is -1.21. The standard InChI is InChI=1S/C21H19N5O4/c1-21(19(29)23-20(30)24-21)12-6-5-7-13(10-12)22-17(27)11-16-14-8-3-4-9-15(14)18(28)26(2)25-16/h3-10H,11H2,1-2H3,(H,22,27)(H2,23,24,29,30). The van der Waals surface area contributed by atoms with Gasteiger partial charge in [0.25, 0.3) is 11.5 Å². The molecule has 0 saturated carbocycles. The SMILES string of the molecule is Cn1nc(CC(=O)Nc2cccc(C3(C)NC(=O)NC3=O)c2)c2ccccc2c1=O. The van der Waals surface area contributed by atoms with Crippen LogP contribution in [-0.4, -0.2) is 27.6 Å². The number of nitrogens with one attached hydrogen (secondary N) is 3. The molecule has 1 unspecified atom stereocenters. The minimum absolute atomic E-state index is 0.0344. The summed E-state index contributed by atoms with van der Waals surface area (Å²) >= 11 is 0. The number of hydrogen-bond donors (Lipinski definition) is 3. The van der Waals surface area contributed by atoms with Crippen LogP contribution in [0.4, 0.5) is 10.5 Å². The smallest absolute Gasteiger partial charge is 0.322 e. The first-order valence-electron chi connectivity index (χ1n) is 9.27. The van der Waals surface area contributed by atoms with Gasteiger partial charge in [0.15, 0.2) is 0 Å². The maximum Gasteiger partial charge on any atom is 0.322 e. The van der Waals surface area contributed by atoms with Gasteiger partial charge < -0.3 is 10.6 Å². The van der Waals surface area contributed by atoms with E-state index in [2.05, 4.69) is 21.0 Å². The van der Waals surface area contributed by atoms with Gasteiger partial charge in [0.1, 0.15) is 5.54 Å². The van der Waals surface area contributed by atoms with E-state index in [9.17, 15) is 19.2 Å². The topological polar surface area (TPSA) is 122 Å². The van der Waals surface area contributed by atoms with E-state index in [4.69, 9.17) is 0 Å². The average Bonchev–Trinajstić information content (AvgIpc) is 2.98. The van der Waals surface area contributed by atoms with Crippen LogP contribution in [0.3, 0.4) is 0 Å². The number of carbonyl (C=O) groups excluding carboxylic acids is 3. The molecule has 1 fully saturated rings. The minimum Gasteiger partial charge on any atom is -0.326 e. The van der Waals surface area contributed by atoms with E-state index < -0.39 is 17.5 Å². The average molecular weight is 405 g/mol. The molecule has 9 heteroatoms. The third kappa shape index (κ3) is 3.30. The molecule has 4 amide bonds. The van der Waals surface area contributed by atoms with Gasteiger partial charge in [-0.2, -0.15) is 5.10 Å². The summed E-state index contributed by atoms with van der Waals surface area (Å²) < 4.78 is 1.22. The van der Waals surface area contributed by atoms with Crippen LogP contribution < -0.4 is 21.5 Å². The zero-order valence-electron chi connectivity index (χ0n) is 16.4. The number of amides is 4. The highest BCUT2D eigenvalue weighted by Crippen LogP contribution is 2.26. The lowest BCUT2D eigenvalue weighted by Gasteiger charge is -2.21. The van der Waals surface area contributed by atoms with Crippen LogP contribution >= 0.6 is 0 Å². The number of imide groups is 1. The van der Waals surface area contributed by atoms with Crippen molar-refractivity contribution in [1.29, 1.82) is 0 Å². The van der Waals surface area contributed by atoms with E-state index in [0.29, 0.717) is 27.7 Å². The van der Waals surface area contributed by atoms with Crippen LogP contribution in [0.1, 0.15) is 18.2 Å². The fourth-order valence-corrected chi connectivity index (χ4v) is 3.52. The maximum absolute atomic E-state index is 12.7. The highest BCUT2D eigenvalue weighted by Gasteiger charge is 2.43. The van der Waals surface area contributed by atoms with Gasteiger partial charge in [-0.05, 0) is 30.7 Å². The lowest BCUT2D eigenvalue weighted by Crippen LogP contribution is -2.40. The first-order valence-corrected chi connectivity index (χ1v) is 9.27. The molecule has 3 N–H and O–H groups in total. The molecular formula is C21H19N5O4. The Hall–Kier alpha value is -4.01. The molecule has 4 rings (SSSR count). The Morgan fingerprint density at radius 3 is 2.53 bits per heavy atom. The van der Waals surface area contributed by atoms with Crippen molar-refractivity contribution in [3.8, 4) is 0 Å². The molecule has 30 heavy (non-hydrogen) atoms. The summed E-state index contributed by atoms with van der Waals surface area (Å²) in [7, 11) is 1.54. The van der Waals surface area contributed by atoms with Gasteiger partial charge in [-0.15, -0.1) is 0 Å². The maximum atomic E-state index is 12.7. The van der Waals surface area contributed by atoms with Crippen LogP contribution in [0.15, 0.2) is 53.3 Å². The number of anilines is 1. The third-order valence-corrected chi connectivity index (χ3v) is 5.13. The van der Waals surface area contributed by atoms with Crippen LogP contribution in [-0.2, 0) is 28.6 Å². The second-order valence-electron chi connectivity index (χ2n) is 7.26. The van der Waals surface area contributed by atoms with E-state index in [1.54, 1.807) is 62.5 Å². The zero-order chi connectivity index (χ0) is 21.5. The van der Waals surface area contributed by atoms with Crippen molar-refractivity contribution >= 4 is 34.3 Å². The highest BCUT2D eigenvalue weighted by atomic mass is 16.2. The Morgan fingerprint density at radius 1 is 1.10 bits per heavy atom. The van der Waals surface area contributed by atoms with Crippen molar-refractivity contribution in [1.82, 2.24) is 20.4 Å². The molecule has 0 aliphatic carbocycles. The predicted octanol–water partition coefficient (Wildman–Crippen LogP) is 1.17. The van der Waals surface area contributed by atoms with E-state index in [1.165, 1.54) is 4.68 Å². The van der Waals surface area contributed by atoms with Crippen LogP contribution in [0.25, 0.3) is 10.8 Å². The Bertz CT molecular complexity index is 1270. The van der Waals surface area contributed by atoms with Crippen LogP contribution in [0.2, 0.25) is 0 Å². The van der Waals surface area contributed by atoms with Crippen molar-refractivity contribution in [2.75, 3.05) is 5.32 Å². The lowest BCUT2D eigenvalue weighted by atomic mass is 9.92. The molecule has 2 heterocycles. The van der Waals surface area contributed by atoms with E-state index in [0.717, 1.165) is 0 Å². The summed E-state index contributed by atoms with van der Waals surface area (Å²) in [4.78, 5) is 48.6. The van der Waals surface area contributed by atoms with Gasteiger partial charge in [-0.1, -0.05) is 30.3 Å². The Kier molecular flexibility index (Phi) is 4.57. The predicted molar refractivity (Wildman–Crippen MR) is 110 cm³/mol. The van der Waals surface area contributed by atoms with Gasteiger partial charge in [0, 0.05) is 18.1 Å². The zero-order valence-corrected chi connectivity index (χ0v) is 16.4. The van der Waals surface area contributed by atoms with E-state index in [-0.39, 0.29) is 17.9 Å².